The number of rotatable bonds is 1. The van der Waals surface area contributed by atoms with Crippen molar-refractivity contribution >= 4 is 16.6 Å². The van der Waals surface area contributed by atoms with Crippen LogP contribution < -0.4 is 4.90 Å². The van der Waals surface area contributed by atoms with E-state index in [9.17, 15) is 5.11 Å². The Bertz CT molecular complexity index is 533. The van der Waals surface area contributed by atoms with Gasteiger partial charge in [0.1, 0.15) is 5.75 Å². The molecule has 17 heavy (non-hydrogen) atoms. The number of anilines is 1. The molecule has 3 nitrogen and oxygen atoms in total. The van der Waals surface area contributed by atoms with E-state index in [1.165, 1.54) is 24.9 Å². The molecular formula is C14H16N2O. The highest BCUT2D eigenvalue weighted by molar-refractivity contribution is 5.92. The fourth-order valence-electron chi connectivity index (χ4n) is 2.53. The van der Waals surface area contributed by atoms with E-state index < -0.39 is 0 Å². The number of benzene rings is 1. The van der Waals surface area contributed by atoms with Gasteiger partial charge in [-0.15, -0.1) is 0 Å². The predicted molar refractivity (Wildman–Crippen MR) is 69.5 cm³/mol. The maximum absolute atomic E-state index is 9.48. The van der Waals surface area contributed by atoms with Crippen LogP contribution in [0.25, 0.3) is 10.9 Å². The zero-order chi connectivity index (χ0) is 11.7. The van der Waals surface area contributed by atoms with Crippen LogP contribution in [0.2, 0.25) is 0 Å². The van der Waals surface area contributed by atoms with Crippen LogP contribution in [0.3, 0.4) is 0 Å². The lowest BCUT2D eigenvalue weighted by molar-refractivity contribution is 0.476. The fraction of sp³-hybridized carbons (Fsp3) is 0.357. The largest absolute Gasteiger partial charge is 0.508 e. The second-order valence-electron chi connectivity index (χ2n) is 4.58. The number of pyridine rings is 1. The first-order valence-electron chi connectivity index (χ1n) is 6.17. The number of phenols is 1. The van der Waals surface area contributed by atoms with E-state index in [0.29, 0.717) is 0 Å². The van der Waals surface area contributed by atoms with Gasteiger partial charge < -0.3 is 10.0 Å². The Morgan fingerprint density at radius 2 is 1.88 bits per heavy atom. The van der Waals surface area contributed by atoms with E-state index in [0.717, 1.165) is 24.0 Å². The first kappa shape index (κ1) is 10.4. The van der Waals surface area contributed by atoms with Crippen molar-refractivity contribution in [3.8, 4) is 5.75 Å². The van der Waals surface area contributed by atoms with E-state index in [1.54, 1.807) is 12.1 Å². The highest BCUT2D eigenvalue weighted by Gasteiger charge is 2.13. The van der Waals surface area contributed by atoms with Crippen LogP contribution in [-0.4, -0.2) is 23.2 Å². The minimum Gasteiger partial charge on any atom is -0.508 e. The molecule has 0 radical (unpaired) electrons. The molecule has 2 heterocycles. The van der Waals surface area contributed by atoms with Gasteiger partial charge >= 0.3 is 0 Å². The summed E-state index contributed by atoms with van der Waals surface area (Å²) in [5.74, 6) is 0.279. The number of hydrogen-bond donors (Lipinski definition) is 1. The molecule has 88 valence electrons. The monoisotopic (exact) mass is 228 g/mol. The van der Waals surface area contributed by atoms with Gasteiger partial charge in [0.2, 0.25) is 0 Å². The predicted octanol–water partition coefficient (Wildman–Crippen LogP) is 2.93. The summed E-state index contributed by atoms with van der Waals surface area (Å²) in [5, 5.41) is 10.6. The van der Waals surface area contributed by atoms with Crippen LogP contribution >= 0.6 is 0 Å². The topological polar surface area (TPSA) is 36.4 Å². The number of fused-ring (bicyclic) bond motifs is 1. The highest BCUT2D eigenvalue weighted by Crippen LogP contribution is 2.29. The van der Waals surface area contributed by atoms with E-state index in [-0.39, 0.29) is 5.75 Å². The lowest BCUT2D eigenvalue weighted by Crippen LogP contribution is -2.29. The highest BCUT2D eigenvalue weighted by atomic mass is 16.3. The van der Waals surface area contributed by atoms with Crippen molar-refractivity contribution in [2.45, 2.75) is 19.3 Å². The zero-order valence-corrected chi connectivity index (χ0v) is 9.76. The summed E-state index contributed by atoms with van der Waals surface area (Å²) in [7, 11) is 0. The van der Waals surface area contributed by atoms with Crippen LogP contribution in [0.5, 0.6) is 5.75 Å². The van der Waals surface area contributed by atoms with Crippen molar-refractivity contribution in [1.29, 1.82) is 0 Å². The maximum atomic E-state index is 9.48. The SMILES string of the molecule is Oc1ccc2c(N3CCCCC3)ccnc2c1. The quantitative estimate of drug-likeness (QED) is 0.815. The minimum absolute atomic E-state index is 0.279. The number of phenolic OH excluding ortho intramolecular Hbond substituents is 1. The Balaban J connectivity index is 2.09. The molecule has 1 fully saturated rings. The summed E-state index contributed by atoms with van der Waals surface area (Å²) in [4.78, 5) is 6.73. The minimum atomic E-state index is 0.279. The molecule has 1 saturated heterocycles. The molecule has 0 unspecified atom stereocenters. The maximum Gasteiger partial charge on any atom is 0.117 e. The van der Waals surface area contributed by atoms with E-state index >= 15 is 0 Å². The Labute approximate surface area is 101 Å². The lowest BCUT2D eigenvalue weighted by atomic mass is 10.1. The second-order valence-corrected chi connectivity index (χ2v) is 4.58. The molecule has 1 N–H and O–H groups in total. The van der Waals surface area contributed by atoms with E-state index in [1.807, 2.05) is 12.3 Å². The Hall–Kier alpha value is -1.77. The van der Waals surface area contributed by atoms with Crippen molar-refractivity contribution in [2.24, 2.45) is 0 Å². The van der Waals surface area contributed by atoms with Crippen molar-refractivity contribution in [1.82, 2.24) is 4.98 Å². The van der Waals surface area contributed by atoms with Crippen molar-refractivity contribution < 1.29 is 5.11 Å². The molecule has 1 aliphatic rings. The molecule has 1 aliphatic heterocycles. The van der Waals surface area contributed by atoms with Crippen LogP contribution in [0, 0.1) is 0 Å². The zero-order valence-electron chi connectivity index (χ0n) is 9.76. The van der Waals surface area contributed by atoms with Gasteiger partial charge in [-0.25, -0.2) is 0 Å². The smallest absolute Gasteiger partial charge is 0.117 e. The molecule has 3 heteroatoms. The van der Waals surface area contributed by atoms with Gasteiger partial charge in [-0.2, -0.15) is 0 Å². The number of aromatic nitrogens is 1. The normalized spacial score (nSPS) is 16.4. The van der Waals surface area contributed by atoms with Crippen LogP contribution in [0.4, 0.5) is 5.69 Å². The average Bonchev–Trinajstić information content (AvgIpc) is 2.39. The molecule has 0 amide bonds. The molecular weight excluding hydrogens is 212 g/mol. The third-order valence-electron chi connectivity index (χ3n) is 3.40. The van der Waals surface area contributed by atoms with Gasteiger partial charge in [-0.3, -0.25) is 4.98 Å². The summed E-state index contributed by atoms with van der Waals surface area (Å²) >= 11 is 0. The van der Waals surface area contributed by atoms with Gasteiger partial charge in [-0.05, 0) is 37.5 Å². The Morgan fingerprint density at radius 1 is 1.06 bits per heavy atom. The number of piperidine rings is 1. The molecule has 2 aromatic rings. The van der Waals surface area contributed by atoms with Gasteiger partial charge in [-0.1, -0.05) is 0 Å². The summed E-state index contributed by atoms with van der Waals surface area (Å²) in [6.07, 6.45) is 5.69. The molecule has 1 aromatic carbocycles. The molecule has 0 atom stereocenters. The molecule has 3 rings (SSSR count). The van der Waals surface area contributed by atoms with Gasteiger partial charge in [0.25, 0.3) is 0 Å². The molecule has 0 aliphatic carbocycles. The van der Waals surface area contributed by atoms with Gasteiger partial charge in [0.05, 0.1) is 5.52 Å². The summed E-state index contributed by atoms with van der Waals surface area (Å²) in [5.41, 5.74) is 2.11. The fourth-order valence-corrected chi connectivity index (χ4v) is 2.53. The third-order valence-corrected chi connectivity index (χ3v) is 3.40. The van der Waals surface area contributed by atoms with Crippen LogP contribution in [0.1, 0.15) is 19.3 Å². The third kappa shape index (κ3) is 1.93. The number of hydrogen-bond acceptors (Lipinski definition) is 3. The van der Waals surface area contributed by atoms with E-state index in [2.05, 4.69) is 16.0 Å². The van der Waals surface area contributed by atoms with Gasteiger partial charge in [0, 0.05) is 36.4 Å². The van der Waals surface area contributed by atoms with Crippen LogP contribution in [0.15, 0.2) is 30.5 Å². The summed E-state index contributed by atoms with van der Waals surface area (Å²) < 4.78 is 0. The number of nitrogens with zero attached hydrogens (tertiary/aromatic N) is 2. The Morgan fingerprint density at radius 3 is 2.71 bits per heavy atom. The molecule has 1 aromatic heterocycles. The van der Waals surface area contributed by atoms with E-state index in [4.69, 9.17) is 0 Å². The second kappa shape index (κ2) is 4.24. The summed E-state index contributed by atoms with van der Waals surface area (Å²) in [6.45, 7) is 2.25. The van der Waals surface area contributed by atoms with Crippen molar-refractivity contribution in [3.05, 3.63) is 30.5 Å². The molecule has 0 spiro atoms. The van der Waals surface area contributed by atoms with Crippen LogP contribution in [-0.2, 0) is 0 Å². The van der Waals surface area contributed by atoms with Crippen molar-refractivity contribution in [3.63, 3.8) is 0 Å². The van der Waals surface area contributed by atoms with Gasteiger partial charge in [0.15, 0.2) is 0 Å². The number of aromatic hydroxyl groups is 1. The first-order valence-corrected chi connectivity index (χ1v) is 6.17. The molecule has 0 bridgehead atoms. The molecule has 0 saturated carbocycles. The lowest BCUT2D eigenvalue weighted by Gasteiger charge is -2.29. The van der Waals surface area contributed by atoms with Crippen molar-refractivity contribution in [2.75, 3.05) is 18.0 Å². The average molecular weight is 228 g/mol. The first-order chi connectivity index (χ1) is 8.34. The Kier molecular flexibility index (Phi) is 2.59. The summed E-state index contributed by atoms with van der Waals surface area (Å²) in [6, 6.07) is 7.49. The standard InChI is InChI=1S/C14H16N2O/c17-11-4-5-12-13(10-11)15-7-6-14(12)16-8-2-1-3-9-16/h4-7,10,17H,1-3,8-9H2.